The van der Waals surface area contributed by atoms with Gasteiger partial charge in [-0.25, -0.2) is 0 Å². The van der Waals surface area contributed by atoms with Gasteiger partial charge >= 0.3 is 0 Å². The van der Waals surface area contributed by atoms with Gasteiger partial charge in [-0.3, -0.25) is 0 Å². The minimum Gasteiger partial charge on any atom is -0.0887 e. The molecular weight excluding hydrogens is 167 g/mol. The molecule has 0 aliphatic rings. The van der Waals surface area contributed by atoms with Gasteiger partial charge in [-0.2, -0.15) is 0 Å². The zero-order valence-electron chi connectivity index (χ0n) is 10.4. The molecule has 2 radical (unpaired) electrons. The van der Waals surface area contributed by atoms with Gasteiger partial charge in [-0.05, 0) is 11.8 Å². The van der Waals surface area contributed by atoms with Gasteiger partial charge in [0.05, 0.1) is 7.85 Å². The van der Waals surface area contributed by atoms with Crippen molar-refractivity contribution in [3.8, 4) is 0 Å². The summed E-state index contributed by atoms with van der Waals surface area (Å²) in [7, 11) is 5.51. The highest BCUT2D eigenvalue weighted by Crippen LogP contribution is 2.26. The number of rotatable bonds is 9. The molecule has 0 aliphatic carbocycles. The molecule has 1 unspecified atom stereocenters. The predicted octanol–water partition coefficient (Wildman–Crippen LogP) is 4.60. The van der Waals surface area contributed by atoms with E-state index >= 15 is 0 Å². The Morgan fingerprint density at radius 3 is 1.93 bits per heavy atom. The van der Waals surface area contributed by atoms with Crippen LogP contribution in [0.15, 0.2) is 0 Å². The van der Waals surface area contributed by atoms with E-state index in [1.165, 1.54) is 44.9 Å². The summed E-state index contributed by atoms with van der Waals surface area (Å²) in [6.07, 6.45) is 10.3. The van der Waals surface area contributed by atoms with Crippen molar-refractivity contribution in [1.29, 1.82) is 0 Å². The fourth-order valence-corrected chi connectivity index (χ4v) is 2.30. The van der Waals surface area contributed by atoms with Gasteiger partial charge in [0.25, 0.3) is 0 Å². The Kier molecular flexibility index (Phi) is 9.66. The van der Waals surface area contributed by atoms with Gasteiger partial charge in [-0.1, -0.05) is 72.0 Å². The highest BCUT2D eigenvalue weighted by atomic mass is 14.2. The first-order valence-corrected chi connectivity index (χ1v) is 6.46. The lowest BCUT2D eigenvalue weighted by Gasteiger charge is -2.23. The molecule has 0 saturated heterocycles. The van der Waals surface area contributed by atoms with E-state index < -0.39 is 0 Å². The van der Waals surface area contributed by atoms with Crippen molar-refractivity contribution in [2.24, 2.45) is 11.8 Å². The maximum Gasteiger partial charge on any atom is 0.0653 e. The molecule has 0 fully saturated rings. The summed E-state index contributed by atoms with van der Waals surface area (Å²) in [4.78, 5) is 0. The minimum atomic E-state index is 0.860. The third-order valence-electron chi connectivity index (χ3n) is 3.24. The molecule has 0 bridgehead atoms. The first-order valence-electron chi connectivity index (χ1n) is 6.46. The number of hydrogen-bond donors (Lipinski definition) is 0. The Labute approximate surface area is 92.3 Å². The highest BCUT2D eigenvalue weighted by molar-refractivity contribution is 6.08. The average molecular weight is 194 g/mol. The van der Waals surface area contributed by atoms with Gasteiger partial charge in [0, 0.05) is 0 Å². The Morgan fingerprint density at radius 1 is 0.929 bits per heavy atom. The highest BCUT2D eigenvalue weighted by Gasteiger charge is 2.14. The molecule has 0 saturated carbocycles. The van der Waals surface area contributed by atoms with Crippen LogP contribution in [0.4, 0.5) is 0 Å². The molecule has 0 amide bonds. The van der Waals surface area contributed by atoms with E-state index in [1.54, 1.807) is 0 Å². The van der Waals surface area contributed by atoms with E-state index in [2.05, 4.69) is 20.8 Å². The van der Waals surface area contributed by atoms with Gasteiger partial charge < -0.3 is 0 Å². The van der Waals surface area contributed by atoms with Crippen molar-refractivity contribution in [2.75, 3.05) is 0 Å². The van der Waals surface area contributed by atoms with E-state index in [4.69, 9.17) is 7.85 Å². The molecule has 0 heterocycles. The second-order valence-electron chi connectivity index (χ2n) is 4.60. The summed E-state index contributed by atoms with van der Waals surface area (Å²) in [6, 6.07) is 0. The molecule has 82 valence electrons. The monoisotopic (exact) mass is 194 g/mol. The summed E-state index contributed by atoms with van der Waals surface area (Å²) in [6.45, 7) is 7.02. The topological polar surface area (TPSA) is 0 Å². The van der Waals surface area contributed by atoms with Crippen LogP contribution in [0.1, 0.15) is 65.7 Å². The summed E-state index contributed by atoms with van der Waals surface area (Å²) in [5, 5.41) is 0. The molecule has 0 aromatic carbocycles. The number of unbranched alkanes of at least 4 members (excludes halogenated alkanes) is 1. The van der Waals surface area contributed by atoms with Crippen molar-refractivity contribution in [2.45, 2.75) is 72.0 Å². The molecule has 0 nitrogen and oxygen atoms in total. The van der Waals surface area contributed by atoms with Crippen LogP contribution in [-0.2, 0) is 0 Å². The van der Waals surface area contributed by atoms with Crippen molar-refractivity contribution in [3.05, 3.63) is 0 Å². The SMILES string of the molecule is [B]CCCCC(C)C(CCC)CCC. The minimum absolute atomic E-state index is 0.860. The Balaban J connectivity index is 3.69. The molecule has 0 spiro atoms. The second-order valence-corrected chi connectivity index (χ2v) is 4.60. The zero-order valence-corrected chi connectivity index (χ0v) is 10.4. The van der Waals surface area contributed by atoms with Crippen LogP contribution >= 0.6 is 0 Å². The molecular formula is C13H27B. The largest absolute Gasteiger partial charge is 0.0887 e. The normalized spacial score (nSPS) is 13.4. The van der Waals surface area contributed by atoms with E-state index in [0.29, 0.717) is 0 Å². The van der Waals surface area contributed by atoms with E-state index in [9.17, 15) is 0 Å². The van der Waals surface area contributed by atoms with E-state index in [-0.39, 0.29) is 0 Å². The summed E-state index contributed by atoms with van der Waals surface area (Å²) in [5.41, 5.74) is 0. The second kappa shape index (κ2) is 9.61. The molecule has 0 aromatic heterocycles. The van der Waals surface area contributed by atoms with Crippen LogP contribution in [0.5, 0.6) is 0 Å². The van der Waals surface area contributed by atoms with Crippen molar-refractivity contribution < 1.29 is 0 Å². The summed E-state index contributed by atoms with van der Waals surface area (Å²) in [5.74, 6) is 1.87. The van der Waals surface area contributed by atoms with Crippen LogP contribution < -0.4 is 0 Å². The molecule has 0 N–H and O–H groups in total. The van der Waals surface area contributed by atoms with Gasteiger partial charge in [-0.15, -0.1) is 0 Å². The quantitative estimate of drug-likeness (QED) is 0.371. The standard InChI is InChI=1S/C13H27B/c1-4-8-13(9-5-2)12(3)10-6-7-11-14/h12-13H,4-11H2,1-3H3. The molecule has 1 heteroatoms. The number of hydrogen-bond acceptors (Lipinski definition) is 0. The molecule has 0 aliphatic heterocycles. The van der Waals surface area contributed by atoms with Crippen LogP contribution in [0, 0.1) is 11.8 Å². The predicted molar refractivity (Wildman–Crippen MR) is 66.9 cm³/mol. The van der Waals surface area contributed by atoms with Crippen LogP contribution in [-0.4, -0.2) is 7.85 Å². The van der Waals surface area contributed by atoms with E-state index in [1.807, 2.05) is 0 Å². The van der Waals surface area contributed by atoms with Crippen LogP contribution in [0.2, 0.25) is 6.32 Å². The average Bonchev–Trinajstić information content (AvgIpc) is 2.18. The Morgan fingerprint density at radius 2 is 1.50 bits per heavy atom. The van der Waals surface area contributed by atoms with Crippen LogP contribution in [0.3, 0.4) is 0 Å². The molecule has 0 aromatic rings. The van der Waals surface area contributed by atoms with Crippen molar-refractivity contribution in [3.63, 3.8) is 0 Å². The Hall–Kier alpha value is 0.0649. The third kappa shape index (κ3) is 6.51. The lowest BCUT2D eigenvalue weighted by molar-refractivity contribution is 0.289. The lowest BCUT2D eigenvalue weighted by Crippen LogP contribution is -2.11. The fraction of sp³-hybridized carbons (Fsp3) is 1.00. The van der Waals surface area contributed by atoms with Gasteiger partial charge in [0.2, 0.25) is 0 Å². The van der Waals surface area contributed by atoms with Crippen molar-refractivity contribution >= 4 is 7.85 Å². The summed E-state index contributed by atoms with van der Waals surface area (Å²) < 4.78 is 0. The maximum atomic E-state index is 5.51. The molecule has 1 atom stereocenters. The zero-order chi connectivity index (χ0) is 10.8. The Bertz CT molecular complexity index is 106. The third-order valence-corrected chi connectivity index (χ3v) is 3.24. The summed E-state index contributed by atoms with van der Waals surface area (Å²) >= 11 is 0. The smallest absolute Gasteiger partial charge is 0.0653 e. The van der Waals surface area contributed by atoms with Crippen molar-refractivity contribution in [1.82, 2.24) is 0 Å². The fourth-order valence-electron chi connectivity index (χ4n) is 2.30. The molecule has 0 rings (SSSR count). The first kappa shape index (κ1) is 14.1. The first-order chi connectivity index (χ1) is 6.76. The van der Waals surface area contributed by atoms with Gasteiger partial charge in [0.1, 0.15) is 0 Å². The lowest BCUT2D eigenvalue weighted by atomic mass is 9.83. The van der Waals surface area contributed by atoms with Crippen LogP contribution in [0.25, 0.3) is 0 Å². The maximum absolute atomic E-state index is 5.51. The van der Waals surface area contributed by atoms with E-state index in [0.717, 1.165) is 18.2 Å². The van der Waals surface area contributed by atoms with Gasteiger partial charge in [0.15, 0.2) is 0 Å². The molecule has 14 heavy (non-hydrogen) atoms.